The van der Waals surface area contributed by atoms with Crippen LogP contribution in [-0.4, -0.2) is 66.5 Å². The van der Waals surface area contributed by atoms with E-state index in [0.29, 0.717) is 0 Å². The molecule has 2 N–H and O–H groups in total. The first-order chi connectivity index (χ1) is 11.9. The maximum atomic E-state index is 9.10. The van der Waals surface area contributed by atoms with Gasteiger partial charge in [0, 0.05) is 13.1 Å². The van der Waals surface area contributed by atoms with Crippen LogP contribution in [0.1, 0.15) is 24.0 Å². The topological polar surface area (TPSA) is 96.3 Å². The van der Waals surface area contributed by atoms with Gasteiger partial charge in [-0.25, -0.2) is 9.59 Å². The second kappa shape index (κ2) is 11.4. The average Bonchev–Trinajstić information content (AvgIpc) is 2.59. The molecule has 1 aromatic carbocycles. The molecule has 0 radical (unpaired) electrons. The maximum absolute atomic E-state index is 9.10. The standard InChI is InChI=1S/C16H25NO2.C2H2O4/c1-14-5-6-15(2)16(13-14)19-10-4-3-7-17-8-11-18-12-9-17;3-1(4)2(5)6/h5-6,13H,3-4,7-12H2,1-2H3;(H,3,4)(H,5,6). The number of carboxylic acids is 2. The van der Waals surface area contributed by atoms with E-state index in [1.165, 1.54) is 24.1 Å². The van der Waals surface area contributed by atoms with E-state index >= 15 is 0 Å². The third-order valence-electron chi connectivity index (χ3n) is 3.76. The summed E-state index contributed by atoms with van der Waals surface area (Å²) in [6, 6.07) is 6.37. The molecule has 1 aliphatic rings. The fraction of sp³-hybridized carbons (Fsp3) is 0.556. The van der Waals surface area contributed by atoms with Gasteiger partial charge in [0.1, 0.15) is 5.75 Å². The van der Waals surface area contributed by atoms with Crippen LogP contribution in [0, 0.1) is 13.8 Å². The van der Waals surface area contributed by atoms with Crippen LogP contribution in [-0.2, 0) is 14.3 Å². The molecule has 0 aliphatic carbocycles. The lowest BCUT2D eigenvalue weighted by Gasteiger charge is -2.26. The lowest BCUT2D eigenvalue weighted by atomic mass is 10.1. The Balaban J connectivity index is 0.000000450. The van der Waals surface area contributed by atoms with Gasteiger partial charge in [0.15, 0.2) is 0 Å². The largest absolute Gasteiger partial charge is 0.493 e. The van der Waals surface area contributed by atoms with Crippen LogP contribution in [0.2, 0.25) is 0 Å². The molecule has 25 heavy (non-hydrogen) atoms. The van der Waals surface area contributed by atoms with Gasteiger partial charge in [0.25, 0.3) is 0 Å². The van der Waals surface area contributed by atoms with Gasteiger partial charge in [0.2, 0.25) is 0 Å². The minimum Gasteiger partial charge on any atom is -0.493 e. The SMILES string of the molecule is Cc1ccc(C)c(OCCCCN2CCOCC2)c1.O=C(O)C(=O)O. The van der Waals surface area contributed by atoms with Gasteiger partial charge in [-0.1, -0.05) is 12.1 Å². The van der Waals surface area contributed by atoms with Crippen LogP contribution in [0.25, 0.3) is 0 Å². The number of aryl methyl sites for hydroxylation is 2. The molecule has 1 fully saturated rings. The molecule has 0 bridgehead atoms. The number of morpholine rings is 1. The van der Waals surface area contributed by atoms with Gasteiger partial charge in [-0.2, -0.15) is 0 Å². The Hall–Kier alpha value is -2.12. The highest BCUT2D eigenvalue weighted by atomic mass is 16.5. The number of hydrogen-bond acceptors (Lipinski definition) is 5. The van der Waals surface area contributed by atoms with Crippen molar-refractivity contribution in [3.8, 4) is 5.75 Å². The van der Waals surface area contributed by atoms with Crippen molar-refractivity contribution in [3.05, 3.63) is 29.3 Å². The highest BCUT2D eigenvalue weighted by Crippen LogP contribution is 2.19. The van der Waals surface area contributed by atoms with Crippen LogP contribution in [0.5, 0.6) is 5.75 Å². The third kappa shape index (κ3) is 9.07. The molecule has 0 atom stereocenters. The zero-order valence-corrected chi connectivity index (χ0v) is 14.9. The zero-order chi connectivity index (χ0) is 18.7. The fourth-order valence-electron chi connectivity index (χ4n) is 2.31. The van der Waals surface area contributed by atoms with E-state index in [1.807, 2.05) is 0 Å². The van der Waals surface area contributed by atoms with E-state index < -0.39 is 11.9 Å². The van der Waals surface area contributed by atoms with Crippen LogP contribution in [0.15, 0.2) is 18.2 Å². The van der Waals surface area contributed by atoms with E-state index in [2.05, 4.69) is 36.9 Å². The van der Waals surface area contributed by atoms with E-state index in [4.69, 9.17) is 29.3 Å². The predicted molar refractivity (Wildman–Crippen MR) is 93.2 cm³/mol. The van der Waals surface area contributed by atoms with Crippen LogP contribution in [0.4, 0.5) is 0 Å². The lowest BCUT2D eigenvalue weighted by molar-refractivity contribution is -0.159. The quantitative estimate of drug-likeness (QED) is 0.596. The highest BCUT2D eigenvalue weighted by Gasteiger charge is 2.09. The van der Waals surface area contributed by atoms with Crippen molar-refractivity contribution in [2.75, 3.05) is 39.5 Å². The van der Waals surface area contributed by atoms with Gasteiger partial charge in [-0.05, 0) is 50.4 Å². The Bertz CT molecular complexity index is 542. The summed E-state index contributed by atoms with van der Waals surface area (Å²) in [6.07, 6.45) is 2.32. The summed E-state index contributed by atoms with van der Waals surface area (Å²) in [6.45, 7) is 10.1. The number of aliphatic carboxylic acids is 2. The first-order valence-corrected chi connectivity index (χ1v) is 8.36. The molecule has 1 saturated heterocycles. The Labute approximate surface area is 148 Å². The van der Waals surface area contributed by atoms with Crippen molar-refractivity contribution < 1.29 is 29.3 Å². The number of benzene rings is 1. The molecular weight excluding hydrogens is 326 g/mol. The van der Waals surface area contributed by atoms with Crippen molar-refractivity contribution in [2.24, 2.45) is 0 Å². The molecule has 7 nitrogen and oxygen atoms in total. The summed E-state index contributed by atoms with van der Waals surface area (Å²) >= 11 is 0. The summed E-state index contributed by atoms with van der Waals surface area (Å²) in [5, 5.41) is 14.8. The number of ether oxygens (including phenoxy) is 2. The van der Waals surface area contributed by atoms with E-state index in [-0.39, 0.29) is 0 Å². The molecule has 0 saturated carbocycles. The van der Waals surface area contributed by atoms with E-state index in [9.17, 15) is 0 Å². The molecule has 1 aromatic rings. The van der Waals surface area contributed by atoms with Crippen LogP contribution >= 0.6 is 0 Å². The first kappa shape index (κ1) is 20.9. The molecule has 0 spiro atoms. The molecule has 0 unspecified atom stereocenters. The summed E-state index contributed by atoms with van der Waals surface area (Å²) in [5.74, 6) is -2.61. The molecule has 2 rings (SSSR count). The molecular formula is C18H27NO6. The summed E-state index contributed by atoms with van der Waals surface area (Å²) in [4.78, 5) is 20.7. The Kier molecular flexibility index (Phi) is 9.57. The monoisotopic (exact) mass is 353 g/mol. The molecule has 0 aromatic heterocycles. The molecule has 7 heteroatoms. The Morgan fingerprint density at radius 3 is 2.36 bits per heavy atom. The van der Waals surface area contributed by atoms with E-state index in [0.717, 1.165) is 45.1 Å². The Morgan fingerprint density at radius 2 is 1.76 bits per heavy atom. The number of nitrogens with zero attached hydrogens (tertiary/aromatic N) is 1. The lowest BCUT2D eigenvalue weighted by Crippen LogP contribution is -2.36. The van der Waals surface area contributed by atoms with Gasteiger partial charge >= 0.3 is 11.9 Å². The number of carboxylic acid groups (broad SMARTS) is 2. The molecule has 1 heterocycles. The van der Waals surface area contributed by atoms with Crippen molar-refractivity contribution >= 4 is 11.9 Å². The van der Waals surface area contributed by atoms with Gasteiger partial charge < -0.3 is 19.7 Å². The van der Waals surface area contributed by atoms with Gasteiger partial charge in [0.05, 0.1) is 19.8 Å². The minimum absolute atomic E-state index is 0.814. The zero-order valence-electron chi connectivity index (χ0n) is 14.9. The maximum Gasteiger partial charge on any atom is 0.414 e. The van der Waals surface area contributed by atoms with Crippen molar-refractivity contribution in [1.29, 1.82) is 0 Å². The number of rotatable bonds is 6. The second-order valence-corrected chi connectivity index (χ2v) is 5.89. The molecule has 1 aliphatic heterocycles. The minimum atomic E-state index is -1.82. The van der Waals surface area contributed by atoms with Crippen molar-refractivity contribution in [3.63, 3.8) is 0 Å². The fourth-order valence-corrected chi connectivity index (χ4v) is 2.31. The molecule has 140 valence electrons. The van der Waals surface area contributed by atoms with Crippen molar-refractivity contribution in [1.82, 2.24) is 4.90 Å². The number of carbonyl (C=O) groups is 2. The normalized spacial score (nSPS) is 14.3. The summed E-state index contributed by atoms with van der Waals surface area (Å²) < 4.78 is 11.2. The highest BCUT2D eigenvalue weighted by molar-refractivity contribution is 6.27. The van der Waals surface area contributed by atoms with E-state index in [1.54, 1.807) is 0 Å². The van der Waals surface area contributed by atoms with Gasteiger partial charge in [-0.15, -0.1) is 0 Å². The third-order valence-corrected chi connectivity index (χ3v) is 3.76. The summed E-state index contributed by atoms with van der Waals surface area (Å²) in [5.41, 5.74) is 2.48. The average molecular weight is 353 g/mol. The first-order valence-electron chi connectivity index (χ1n) is 8.36. The van der Waals surface area contributed by atoms with Crippen molar-refractivity contribution in [2.45, 2.75) is 26.7 Å². The second-order valence-electron chi connectivity index (χ2n) is 5.89. The summed E-state index contributed by atoms with van der Waals surface area (Å²) in [7, 11) is 0. The predicted octanol–water partition coefficient (Wildman–Crippen LogP) is 1.95. The van der Waals surface area contributed by atoms with Crippen LogP contribution in [0.3, 0.4) is 0 Å². The number of unbranched alkanes of at least 4 members (excludes halogenated alkanes) is 1. The smallest absolute Gasteiger partial charge is 0.414 e. The Morgan fingerprint density at radius 1 is 1.12 bits per heavy atom. The van der Waals surface area contributed by atoms with Crippen LogP contribution < -0.4 is 4.74 Å². The van der Waals surface area contributed by atoms with Gasteiger partial charge in [-0.3, -0.25) is 4.90 Å². The number of hydrogen-bond donors (Lipinski definition) is 2. The molecule has 0 amide bonds.